The molecular formula is C128H106N10SSi4. The lowest BCUT2D eigenvalue weighted by molar-refractivity contribution is 0.686. The minimum absolute atomic E-state index is 0.0827. The first-order valence-electron chi connectivity index (χ1n) is 50.2. The van der Waals surface area contributed by atoms with Gasteiger partial charge >= 0.3 is 0 Å². The Kier molecular flexibility index (Phi) is 19.1. The number of hydrogen-bond acceptors (Lipinski definition) is 6. The lowest BCUT2D eigenvalue weighted by Crippen LogP contribution is -2.78. The Balaban J connectivity index is 0.0000000899. The maximum Gasteiger partial charge on any atom is 0.181 e. The van der Waals surface area contributed by atoms with Crippen LogP contribution >= 0.6 is 11.8 Å². The molecular weight excluding hydrogens is 1820 g/mol. The number of aromatic nitrogens is 10. The first-order valence-corrected chi connectivity index (χ1v) is 61.0. The summed E-state index contributed by atoms with van der Waals surface area (Å²) < 4.78 is 11.9. The molecule has 0 aliphatic carbocycles. The molecule has 0 radical (unpaired) electrons. The first-order chi connectivity index (χ1) is 69.6. The van der Waals surface area contributed by atoms with E-state index in [1.54, 1.807) is 5.19 Å². The van der Waals surface area contributed by atoms with Gasteiger partial charge < -0.3 is 4.40 Å². The third kappa shape index (κ3) is 11.5. The highest BCUT2D eigenvalue weighted by Crippen LogP contribution is 2.58. The summed E-state index contributed by atoms with van der Waals surface area (Å²) in [5.74, 6) is 0. The third-order valence-electron chi connectivity index (χ3n) is 34.9. The summed E-state index contributed by atoms with van der Waals surface area (Å²) in [5.41, 5.74) is 21.5. The van der Waals surface area contributed by atoms with E-state index in [1.807, 2.05) is 18.0 Å². The van der Waals surface area contributed by atoms with E-state index in [0.717, 1.165) is 28.2 Å². The van der Waals surface area contributed by atoms with Gasteiger partial charge in [-0.2, -0.15) is 0 Å². The highest BCUT2D eigenvalue weighted by atomic mass is 32.2. The molecule has 690 valence electrons. The Labute approximate surface area is 838 Å². The fraction of sp³-hybridized carbons (Fsp3) is 0.133. The summed E-state index contributed by atoms with van der Waals surface area (Å²) in [6.45, 7) is 29.4. The van der Waals surface area contributed by atoms with Gasteiger partial charge in [0.25, 0.3) is 0 Å². The van der Waals surface area contributed by atoms with E-state index in [1.165, 1.54) is 189 Å². The molecule has 15 heteroatoms. The lowest BCUT2D eigenvalue weighted by atomic mass is 9.82. The number of thioether (sulfide) groups is 1. The zero-order chi connectivity index (χ0) is 96.8. The Morgan fingerprint density at radius 1 is 0.210 bits per heavy atom. The van der Waals surface area contributed by atoms with Crippen LogP contribution in [0.1, 0.15) is 94.6 Å². The first kappa shape index (κ1) is 86.9. The minimum atomic E-state index is -2.52. The topological polar surface area (TPSA) is 86.5 Å². The van der Waals surface area contributed by atoms with Gasteiger partial charge in [0.1, 0.15) is 41.3 Å². The number of para-hydroxylation sites is 5. The second kappa shape index (κ2) is 31.4. The standard InChI is InChI=1S/2C30H24N2Si.C28H18N2S.2C20H20N2Si/c1-30(2)27-20-31-29-25-17-10-9-16-23(25)24-18-11-19-26(28(24)32(27)29)33(30,21-12-5-3-6-13-21)22-14-7-4-8-15-22;1-30(2)26-19-11-18-24-23-16-9-10-17-25(23)29-31-20-27(32(29)28(24)26)33(30,21-12-5-3-6-13-21)22-14-7-4-8-15-22;1-3-10-19(11-4-1)28(20-12-5-2-6-13-20)24-17-9-16-22-21-14-7-8-15-23(21)27-29-18-25(31-28)30(27)26(22)24;1-20(2)17-12-21-19-15-9-6-5-8-13(15)14-10-7-11-16(23(20,3)4)18(14)22(17)19;1-20(2)16-11-7-10-14-13-8-5-6-9-15(13)19-21-12-17(23(20,3)4)22(19)18(14)16/h2*3-20H,1-2H3;1-18H;2*5-12H,1-4H3. The van der Waals surface area contributed by atoms with E-state index < -0.39 is 32.3 Å². The second-order valence-electron chi connectivity index (χ2n) is 42.9. The molecule has 15 heterocycles. The summed E-state index contributed by atoms with van der Waals surface area (Å²) in [4.78, 5) is 24.7. The minimum Gasteiger partial charge on any atom is -0.300 e. The molecule has 26 aromatic rings. The van der Waals surface area contributed by atoms with E-state index in [2.05, 4.69) is 523 Å². The van der Waals surface area contributed by atoms with Gasteiger partial charge in [0.05, 0.1) is 46.6 Å². The quantitative estimate of drug-likeness (QED) is 0.122. The van der Waals surface area contributed by atoms with Crippen LogP contribution in [0.4, 0.5) is 0 Å². The summed E-state index contributed by atoms with van der Waals surface area (Å²) in [7, 11) is -8.36. The van der Waals surface area contributed by atoms with Crippen LogP contribution in [-0.4, -0.2) is 79.2 Å². The maximum absolute atomic E-state index is 5.11. The van der Waals surface area contributed by atoms with Gasteiger partial charge in [-0.05, 0) is 85.3 Å². The van der Waals surface area contributed by atoms with Crippen LogP contribution in [-0.2, 0) is 24.9 Å². The molecule has 143 heavy (non-hydrogen) atoms. The average Bonchev–Trinajstić information content (AvgIpc) is 1.60. The number of benzene rings is 16. The molecule has 0 N–H and O–H groups in total. The molecule has 0 bridgehead atoms. The highest BCUT2D eigenvalue weighted by molar-refractivity contribution is 8.00. The Morgan fingerprint density at radius 2 is 0.497 bits per heavy atom. The molecule has 0 atom stereocenters. The zero-order valence-electron chi connectivity index (χ0n) is 82.3. The summed E-state index contributed by atoms with van der Waals surface area (Å²) >= 11 is 1.89. The third-order valence-corrected chi connectivity index (χ3v) is 58.0. The Hall–Kier alpha value is -15.2. The fourth-order valence-corrected chi connectivity index (χ4v) is 45.6. The molecule has 10 aromatic heterocycles. The van der Waals surface area contributed by atoms with E-state index >= 15 is 0 Å². The number of pyridine rings is 5. The summed E-state index contributed by atoms with van der Waals surface area (Å²) in [5, 5.41) is 32.1. The molecule has 16 aromatic carbocycles. The number of imidazole rings is 5. The van der Waals surface area contributed by atoms with Crippen LogP contribution in [0.2, 0.25) is 26.2 Å². The molecule has 0 amide bonds. The normalized spacial score (nSPS) is 16.4. The van der Waals surface area contributed by atoms with Crippen molar-refractivity contribution >= 4 is 222 Å². The molecule has 0 unspecified atom stereocenters. The summed E-state index contributed by atoms with van der Waals surface area (Å²) in [6.07, 6.45) is 10.6. The average molecular weight is 1930 g/mol. The van der Waals surface area contributed by atoms with Crippen LogP contribution in [0.15, 0.2) is 430 Å². The van der Waals surface area contributed by atoms with Crippen LogP contribution in [0.5, 0.6) is 0 Å². The van der Waals surface area contributed by atoms with E-state index in [0.29, 0.717) is 0 Å². The van der Waals surface area contributed by atoms with Crippen LogP contribution in [0, 0.1) is 0 Å². The highest BCUT2D eigenvalue weighted by Gasteiger charge is 2.60. The number of hydrogen-bond donors (Lipinski definition) is 0. The van der Waals surface area contributed by atoms with Crippen LogP contribution in [0.25, 0.3) is 137 Å². The van der Waals surface area contributed by atoms with Gasteiger partial charge in [0.2, 0.25) is 0 Å². The van der Waals surface area contributed by atoms with Crippen molar-refractivity contribution in [3.63, 3.8) is 0 Å². The largest absolute Gasteiger partial charge is 0.300 e. The lowest BCUT2D eigenvalue weighted by Gasteiger charge is -2.49. The van der Waals surface area contributed by atoms with Crippen molar-refractivity contribution in [3.05, 3.63) is 465 Å². The molecule has 31 rings (SSSR count). The molecule has 0 saturated heterocycles. The van der Waals surface area contributed by atoms with Gasteiger partial charge in [-0.3, -0.25) is 17.6 Å². The van der Waals surface area contributed by atoms with Crippen molar-refractivity contribution in [2.75, 3.05) is 0 Å². The molecule has 10 nitrogen and oxygen atoms in total. The predicted molar refractivity (Wildman–Crippen MR) is 611 cm³/mol. The maximum atomic E-state index is 5.11. The van der Waals surface area contributed by atoms with Gasteiger partial charge in [0, 0.05) is 121 Å². The smallest absolute Gasteiger partial charge is 0.181 e. The van der Waals surface area contributed by atoms with E-state index in [4.69, 9.17) is 24.9 Å². The van der Waals surface area contributed by atoms with Crippen molar-refractivity contribution in [2.24, 2.45) is 0 Å². The number of nitrogens with zero attached hydrogens (tertiary/aromatic N) is 10. The molecule has 0 spiro atoms. The van der Waals surface area contributed by atoms with Crippen molar-refractivity contribution in [2.45, 2.75) is 112 Å². The second-order valence-corrected chi connectivity index (χ2v) is 63.1. The van der Waals surface area contributed by atoms with Crippen molar-refractivity contribution in [1.82, 2.24) is 46.9 Å². The number of rotatable bonds is 6. The summed E-state index contributed by atoms with van der Waals surface area (Å²) in [6, 6.07) is 144. The van der Waals surface area contributed by atoms with Gasteiger partial charge in [-0.1, -0.05) is 488 Å². The molecule has 5 aliphatic heterocycles. The van der Waals surface area contributed by atoms with Crippen molar-refractivity contribution < 1.29 is 0 Å². The number of fused-ring (bicyclic) bond motifs is 15. The Bertz CT molecular complexity index is 9490. The van der Waals surface area contributed by atoms with E-state index in [-0.39, 0.29) is 24.9 Å². The SMILES string of the molecule is CC1(C)c2cccc3c4ccccc4c4ncc(n4c23)[Si]1(C)C.CC1(C)c2cccc3c4ccccc4c4ncc(n4c23)[Si]1(c1ccccc1)c1ccccc1.CC1(C)c2cnc3c4ccccc4c4cccc(c4n23)[Si]1(C)C.CC1(C)c2cnc3c4ccccc4c4cccc(c4n23)[Si]1(c1ccccc1)c1ccccc1.c1ccc(C2(c3ccccc3)Sc3cnc4c5ccccc5c5cccc2c5n34)cc1. The monoisotopic (exact) mass is 1930 g/mol. The molecule has 0 saturated carbocycles. The van der Waals surface area contributed by atoms with Crippen LogP contribution < -0.4 is 41.8 Å². The predicted octanol–water partition coefficient (Wildman–Crippen LogP) is 25.7. The van der Waals surface area contributed by atoms with Gasteiger partial charge in [-0.15, -0.1) is 0 Å². The van der Waals surface area contributed by atoms with E-state index in [9.17, 15) is 0 Å². The van der Waals surface area contributed by atoms with Crippen molar-refractivity contribution in [1.29, 1.82) is 0 Å². The molecule has 5 aliphatic rings. The van der Waals surface area contributed by atoms with Gasteiger partial charge in [0.15, 0.2) is 16.1 Å². The van der Waals surface area contributed by atoms with Crippen molar-refractivity contribution in [3.8, 4) is 0 Å². The Morgan fingerprint density at radius 3 is 0.916 bits per heavy atom. The zero-order valence-corrected chi connectivity index (χ0v) is 87.1. The van der Waals surface area contributed by atoms with Gasteiger partial charge in [-0.25, -0.2) is 24.9 Å². The molecule has 0 fully saturated rings. The fourth-order valence-electron chi connectivity index (χ4n) is 26.8. The van der Waals surface area contributed by atoms with Crippen LogP contribution in [0.3, 0.4) is 0 Å².